The van der Waals surface area contributed by atoms with E-state index in [0.717, 1.165) is 4.90 Å². The molecular formula is C23H19FN4O4. The van der Waals surface area contributed by atoms with Crippen molar-refractivity contribution in [2.45, 2.75) is 6.92 Å². The summed E-state index contributed by atoms with van der Waals surface area (Å²) in [5.41, 5.74) is 1.72. The van der Waals surface area contributed by atoms with Gasteiger partial charge in [-0.25, -0.2) is 19.3 Å². The lowest BCUT2D eigenvalue weighted by Crippen LogP contribution is -2.24. The predicted octanol–water partition coefficient (Wildman–Crippen LogP) is 4.64. The highest BCUT2D eigenvalue weighted by Gasteiger charge is 2.31. The molecule has 0 aliphatic heterocycles. The van der Waals surface area contributed by atoms with Gasteiger partial charge in [0.1, 0.15) is 17.8 Å². The second kappa shape index (κ2) is 8.84. The minimum atomic E-state index is -0.590. The van der Waals surface area contributed by atoms with E-state index in [4.69, 9.17) is 14.0 Å². The maximum absolute atomic E-state index is 14.6. The predicted molar refractivity (Wildman–Crippen MR) is 115 cm³/mol. The number of aromatic nitrogens is 3. The summed E-state index contributed by atoms with van der Waals surface area (Å²) >= 11 is 0. The highest BCUT2D eigenvalue weighted by molar-refractivity contribution is 6.03. The van der Waals surface area contributed by atoms with E-state index >= 15 is 0 Å². The topological polar surface area (TPSA) is 90.6 Å². The van der Waals surface area contributed by atoms with Gasteiger partial charge in [0, 0.05) is 13.1 Å². The van der Waals surface area contributed by atoms with Gasteiger partial charge in [0.15, 0.2) is 11.5 Å². The van der Waals surface area contributed by atoms with Crippen LogP contribution in [0.2, 0.25) is 0 Å². The van der Waals surface area contributed by atoms with Crippen LogP contribution in [-0.2, 0) is 4.79 Å². The molecule has 0 unspecified atom stereocenters. The molecule has 0 spiro atoms. The van der Waals surface area contributed by atoms with Crippen molar-refractivity contribution in [2.24, 2.45) is 0 Å². The number of anilines is 2. The maximum Gasteiger partial charge on any atom is 0.248 e. The Morgan fingerprint density at radius 3 is 2.53 bits per heavy atom. The number of halogens is 1. The van der Waals surface area contributed by atoms with E-state index in [0.29, 0.717) is 34.0 Å². The SMILES string of the molecule is COc1cccc(-c2noc(N(C(C)=O)c3ccccc3F)c2-c2ccncn2)c1OC. The monoisotopic (exact) mass is 434 g/mol. The van der Waals surface area contributed by atoms with Crippen LogP contribution >= 0.6 is 0 Å². The first-order chi connectivity index (χ1) is 15.6. The maximum atomic E-state index is 14.6. The number of hydrogen-bond acceptors (Lipinski definition) is 7. The number of para-hydroxylation sites is 2. The smallest absolute Gasteiger partial charge is 0.248 e. The second-order valence-electron chi connectivity index (χ2n) is 6.65. The fourth-order valence-electron chi connectivity index (χ4n) is 3.42. The summed E-state index contributed by atoms with van der Waals surface area (Å²) in [5, 5.41) is 4.22. The molecule has 8 nitrogen and oxygen atoms in total. The van der Waals surface area contributed by atoms with Crippen LogP contribution in [0, 0.1) is 5.82 Å². The molecule has 2 aromatic carbocycles. The lowest BCUT2D eigenvalue weighted by atomic mass is 10.0. The minimum Gasteiger partial charge on any atom is -0.493 e. The number of amides is 1. The molecule has 0 atom stereocenters. The van der Waals surface area contributed by atoms with Gasteiger partial charge in [0.25, 0.3) is 0 Å². The fourth-order valence-corrected chi connectivity index (χ4v) is 3.42. The van der Waals surface area contributed by atoms with E-state index in [1.165, 1.54) is 45.7 Å². The molecule has 162 valence electrons. The van der Waals surface area contributed by atoms with Gasteiger partial charge in [-0.3, -0.25) is 4.79 Å². The zero-order chi connectivity index (χ0) is 22.7. The molecule has 0 N–H and O–H groups in total. The van der Waals surface area contributed by atoms with E-state index in [2.05, 4.69) is 15.1 Å². The van der Waals surface area contributed by atoms with Crippen molar-refractivity contribution in [1.29, 1.82) is 0 Å². The standard InChI is InChI=1S/C23H19FN4O4/c1-14(29)28(18-9-5-4-8-16(18)24)23-20(17-11-12-25-13-26-17)21(27-32-23)15-7-6-10-19(30-2)22(15)31-3/h4-13H,1-3H3. The van der Waals surface area contributed by atoms with Crippen molar-refractivity contribution in [3.63, 3.8) is 0 Å². The van der Waals surface area contributed by atoms with Crippen LogP contribution in [0.4, 0.5) is 16.0 Å². The number of nitrogens with zero attached hydrogens (tertiary/aromatic N) is 4. The van der Waals surface area contributed by atoms with E-state index in [-0.39, 0.29) is 11.6 Å². The summed E-state index contributed by atoms with van der Waals surface area (Å²) in [4.78, 5) is 22.0. The first-order valence-corrected chi connectivity index (χ1v) is 9.59. The Morgan fingerprint density at radius 2 is 1.88 bits per heavy atom. The molecule has 0 bridgehead atoms. The summed E-state index contributed by atoms with van der Waals surface area (Å²) in [7, 11) is 3.03. The van der Waals surface area contributed by atoms with E-state index in [1.807, 2.05) is 0 Å². The summed E-state index contributed by atoms with van der Waals surface area (Å²) in [6.45, 7) is 1.31. The second-order valence-corrected chi connectivity index (χ2v) is 6.65. The van der Waals surface area contributed by atoms with Crippen molar-refractivity contribution >= 4 is 17.5 Å². The number of hydrogen-bond donors (Lipinski definition) is 0. The highest BCUT2D eigenvalue weighted by Crippen LogP contribution is 2.46. The zero-order valence-electron chi connectivity index (χ0n) is 17.6. The summed E-state index contributed by atoms with van der Waals surface area (Å²) < 4.78 is 31.2. The molecule has 9 heteroatoms. The first kappa shape index (κ1) is 21.0. The third-order valence-corrected chi connectivity index (χ3v) is 4.78. The average Bonchev–Trinajstić information content (AvgIpc) is 3.24. The van der Waals surface area contributed by atoms with Gasteiger partial charge in [-0.15, -0.1) is 0 Å². The molecule has 0 radical (unpaired) electrons. The minimum absolute atomic E-state index is 0.0150. The Labute approximate surface area is 183 Å². The number of methoxy groups -OCH3 is 2. The molecule has 0 saturated heterocycles. The molecule has 0 aliphatic rings. The van der Waals surface area contributed by atoms with Gasteiger partial charge in [-0.05, 0) is 30.3 Å². The van der Waals surface area contributed by atoms with Crippen molar-refractivity contribution in [3.05, 3.63) is 66.9 Å². The number of carbonyl (C=O) groups excluding carboxylic acids is 1. The van der Waals surface area contributed by atoms with Crippen molar-refractivity contribution in [1.82, 2.24) is 15.1 Å². The van der Waals surface area contributed by atoms with Gasteiger partial charge in [0.05, 0.1) is 36.7 Å². The Morgan fingerprint density at radius 1 is 1.06 bits per heavy atom. The highest BCUT2D eigenvalue weighted by atomic mass is 19.1. The van der Waals surface area contributed by atoms with Gasteiger partial charge in [-0.1, -0.05) is 23.4 Å². The van der Waals surface area contributed by atoms with E-state index in [1.54, 1.807) is 36.5 Å². The van der Waals surface area contributed by atoms with Crippen molar-refractivity contribution in [3.8, 4) is 34.0 Å². The molecule has 0 saturated carbocycles. The molecule has 4 rings (SSSR count). The molecule has 32 heavy (non-hydrogen) atoms. The van der Waals surface area contributed by atoms with Crippen LogP contribution in [0.3, 0.4) is 0 Å². The van der Waals surface area contributed by atoms with Gasteiger partial charge >= 0.3 is 0 Å². The molecular weight excluding hydrogens is 415 g/mol. The van der Waals surface area contributed by atoms with Crippen LogP contribution in [0.25, 0.3) is 22.5 Å². The van der Waals surface area contributed by atoms with Crippen molar-refractivity contribution < 1.29 is 23.2 Å². The molecule has 0 aliphatic carbocycles. The number of benzene rings is 2. The van der Waals surface area contributed by atoms with Crippen LogP contribution in [0.5, 0.6) is 11.5 Å². The Balaban J connectivity index is 2.02. The van der Waals surface area contributed by atoms with Gasteiger partial charge < -0.3 is 14.0 Å². The van der Waals surface area contributed by atoms with Crippen LogP contribution in [-0.4, -0.2) is 35.3 Å². The number of carbonyl (C=O) groups is 1. The van der Waals surface area contributed by atoms with Crippen LogP contribution in [0.1, 0.15) is 6.92 Å². The molecule has 1 amide bonds. The summed E-state index contributed by atoms with van der Waals surface area (Å²) in [5.74, 6) is -0.133. The number of rotatable bonds is 6. The third kappa shape index (κ3) is 3.64. The molecule has 0 fully saturated rings. The van der Waals surface area contributed by atoms with Crippen LogP contribution in [0.15, 0.2) is 65.6 Å². The van der Waals surface area contributed by atoms with Crippen LogP contribution < -0.4 is 14.4 Å². The largest absolute Gasteiger partial charge is 0.493 e. The zero-order valence-corrected chi connectivity index (χ0v) is 17.6. The average molecular weight is 434 g/mol. The van der Waals surface area contributed by atoms with Gasteiger partial charge in [0.2, 0.25) is 11.8 Å². The summed E-state index contributed by atoms with van der Waals surface area (Å²) in [6, 6.07) is 12.8. The number of ether oxygens (including phenoxy) is 2. The van der Waals surface area contributed by atoms with E-state index < -0.39 is 11.7 Å². The lowest BCUT2D eigenvalue weighted by molar-refractivity contribution is -0.116. The fraction of sp³-hybridized carbons (Fsp3) is 0.130. The quantitative estimate of drug-likeness (QED) is 0.437. The van der Waals surface area contributed by atoms with Gasteiger partial charge in [-0.2, -0.15) is 0 Å². The lowest BCUT2D eigenvalue weighted by Gasteiger charge is -2.19. The summed E-state index contributed by atoms with van der Waals surface area (Å²) in [6.07, 6.45) is 2.91. The molecule has 2 heterocycles. The third-order valence-electron chi connectivity index (χ3n) is 4.78. The molecule has 2 aromatic heterocycles. The Hall–Kier alpha value is -4.27. The normalized spacial score (nSPS) is 10.6. The first-order valence-electron chi connectivity index (χ1n) is 9.59. The Bertz CT molecular complexity index is 1260. The molecule has 4 aromatic rings. The van der Waals surface area contributed by atoms with Crippen molar-refractivity contribution in [2.75, 3.05) is 19.1 Å². The van der Waals surface area contributed by atoms with E-state index in [9.17, 15) is 9.18 Å². The Kier molecular flexibility index (Phi) is 5.80.